The third-order valence-electron chi connectivity index (χ3n) is 4.29. The highest BCUT2D eigenvalue weighted by Crippen LogP contribution is 2.19. The maximum Gasteiger partial charge on any atom is 0.227 e. The highest BCUT2D eigenvalue weighted by atomic mass is 16.3. The molecule has 1 fully saturated rings. The lowest BCUT2D eigenvalue weighted by Gasteiger charge is -2.31. The number of hydrogen-bond donors (Lipinski definition) is 1. The third kappa shape index (κ3) is 3.79. The van der Waals surface area contributed by atoms with Crippen LogP contribution in [0.1, 0.15) is 18.7 Å². The summed E-state index contributed by atoms with van der Waals surface area (Å²) in [5.74, 6) is 2.61. The van der Waals surface area contributed by atoms with Gasteiger partial charge in [-0.15, -0.1) is 0 Å². The zero-order valence-corrected chi connectivity index (χ0v) is 13.8. The number of aryl methyl sites for hydroxylation is 1. The molecule has 0 aliphatic carbocycles. The van der Waals surface area contributed by atoms with Crippen LogP contribution in [-0.4, -0.2) is 57.4 Å². The molecule has 0 unspecified atom stereocenters. The van der Waals surface area contributed by atoms with Crippen LogP contribution in [0.3, 0.4) is 0 Å². The second-order valence-electron chi connectivity index (χ2n) is 6.05. The molecule has 0 radical (unpaired) electrons. The molecule has 7 heteroatoms. The van der Waals surface area contributed by atoms with Crippen molar-refractivity contribution < 1.29 is 5.11 Å². The van der Waals surface area contributed by atoms with E-state index in [0.29, 0.717) is 12.5 Å². The zero-order valence-electron chi connectivity index (χ0n) is 13.8. The number of imidazole rings is 1. The van der Waals surface area contributed by atoms with E-state index in [1.165, 1.54) is 0 Å². The summed E-state index contributed by atoms with van der Waals surface area (Å²) in [6, 6.07) is 1.91. The SMILES string of the molecule is Cc1nccn1CCN(C)c1nccc(N2CCC[C@H](O)C2)n1. The molecule has 0 amide bonds. The molecular formula is C16H24N6O. The Balaban J connectivity index is 1.65. The first-order valence-electron chi connectivity index (χ1n) is 8.08. The minimum atomic E-state index is -0.260. The average molecular weight is 316 g/mol. The van der Waals surface area contributed by atoms with E-state index in [4.69, 9.17) is 0 Å². The number of piperidine rings is 1. The monoisotopic (exact) mass is 316 g/mol. The summed E-state index contributed by atoms with van der Waals surface area (Å²) in [7, 11) is 2.00. The van der Waals surface area contributed by atoms with Crippen LogP contribution in [0.25, 0.3) is 0 Å². The van der Waals surface area contributed by atoms with Crippen molar-refractivity contribution >= 4 is 11.8 Å². The van der Waals surface area contributed by atoms with E-state index in [0.717, 1.165) is 44.1 Å². The Hall–Kier alpha value is -2.15. The molecule has 1 atom stereocenters. The Kier molecular flexibility index (Phi) is 4.76. The normalized spacial score (nSPS) is 18.2. The summed E-state index contributed by atoms with van der Waals surface area (Å²) >= 11 is 0. The van der Waals surface area contributed by atoms with Crippen LogP contribution in [0.5, 0.6) is 0 Å². The molecule has 2 aromatic heterocycles. The molecule has 1 saturated heterocycles. The number of anilines is 2. The van der Waals surface area contributed by atoms with Gasteiger partial charge in [0.1, 0.15) is 11.6 Å². The van der Waals surface area contributed by atoms with Gasteiger partial charge in [-0.3, -0.25) is 0 Å². The van der Waals surface area contributed by atoms with Gasteiger partial charge in [0.15, 0.2) is 0 Å². The predicted molar refractivity (Wildman–Crippen MR) is 89.7 cm³/mol. The number of nitrogens with zero attached hydrogens (tertiary/aromatic N) is 6. The fourth-order valence-electron chi connectivity index (χ4n) is 2.86. The number of rotatable bonds is 5. The number of β-amino-alcohol motifs (C(OH)–C–C–N with tert-alkyl or cyclic N) is 1. The summed E-state index contributed by atoms with van der Waals surface area (Å²) in [4.78, 5) is 17.4. The molecule has 0 aromatic carbocycles. The molecule has 7 nitrogen and oxygen atoms in total. The first kappa shape index (κ1) is 15.7. The number of aliphatic hydroxyl groups is 1. The zero-order chi connectivity index (χ0) is 16.2. The first-order chi connectivity index (χ1) is 11.1. The Labute approximate surface area is 136 Å². The van der Waals surface area contributed by atoms with Crippen molar-refractivity contribution in [1.29, 1.82) is 0 Å². The Morgan fingerprint density at radius 1 is 1.35 bits per heavy atom. The van der Waals surface area contributed by atoms with E-state index in [1.54, 1.807) is 6.20 Å². The van der Waals surface area contributed by atoms with Gasteiger partial charge in [0.2, 0.25) is 5.95 Å². The van der Waals surface area contributed by atoms with Crippen LogP contribution in [0.2, 0.25) is 0 Å². The summed E-state index contributed by atoms with van der Waals surface area (Å²) in [5, 5.41) is 9.83. The van der Waals surface area contributed by atoms with Crippen LogP contribution in [0, 0.1) is 6.92 Å². The van der Waals surface area contributed by atoms with Crippen molar-refractivity contribution in [2.75, 3.05) is 36.5 Å². The maximum absolute atomic E-state index is 9.83. The van der Waals surface area contributed by atoms with E-state index >= 15 is 0 Å². The lowest BCUT2D eigenvalue weighted by atomic mass is 10.1. The fourth-order valence-corrected chi connectivity index (χ4v) is 2.86. The second-order valence-corrected chi connectivity index (χ2v) is 6.05. The van der Waals surface area contributed by atoms with Crippen LogP contribution >= 0.6 is 0 Å². The molecule has 1 N–H and O–H groups in total. The summed E-state index contributed by atoms with van der Waals surface area (Å²) in [6.45, 7) is 5.24. The van der Waals surface area contributed by atoms with E-state index < -0.39 is 0 Å². The number of hydrogen-bond acceptors (Lipinski definition) is 6. The molecule has 3 heterocycles. The van der Waals surface area contributed by atoms with Crippen molar-refractivity contribution in [1.82, 2.24) is 19.5 Å². The van der Waals surface area contributed by atoms with Crippen molar-refractivity contribution in [2.45, 2.75) is 32.4 Å². The van der Waals surface area contributed by atoms with Crippen molar-refractivity contribution in [3.05, 3.63) is 30.5 Å². The quantitative estimate of drug-likeness (QED) is 0.890. The number of likely N-dealkylation sites (N-methyl/N-ethyl adjacent to an activating group) is 1. The van der Waals surface area contributed by atoms with Gasteiger partial charge in [0.25, 0.3) is 0 Å². The van der Waals surface area contributed by atoms with Gasteiger partial charge in [-0.2, -0.15) is 4.98 Å². The summed E-state index contributed by atoms with van der Waals surface area (Å²) in [5.41, 5.74) is 0. The standard InChI is InChI=1S/C16H24N6O/c1-13-17-7-9-21(13)11-10-20(2)16-18-6-5-15(19-16)22-8-3-4-14(23)12-22/h5-7,9,14,23H,3-4,8,10-12H2,1-2H3/t14-/m0/s1. The molecule has 2 aromatic rings. The van der Waals surface area contributed by atoms with Gasteiger partial charge in [-0.1, -0.05) is 0 Å². The van der Waals surface area contributed by atoms with Crippen LogP contribution in [-0.2, 0) is 6.54 Å². The van der Waals surface area contributed by atoms with Crippen molar-refractivity contribution in [3.63, 3.8) is 0 Å². The van der Waals surface area contributed by atoms with Gasteiger partial charge in [0.05, 0.1) is 6.10 Å². The molecule has 124 valence electrons. The molecular weight excluding hydrogens is 292 g/mol. The van der Waals surface area contributed by atoms with Crippen molar-refractivity contribution in [3.8, 4) is 0 Å². The Bertz CT molecular complexity index is 643. The highest BCUT2D eigenvalue weighted by Gasteiger charge is 2.19. The molecule has 0 saturated carbocycles. The van der Waals surface area contributed by atoms with Crippen LogP contribution < -0.4 is 9.80 Å². The lowest BCUT2D eigenvalue weighted by molar-refractivity contribution is 0.154. The molecule has 0 spiro atoms. The van der Waals surface area contributed by atoms with Gasteiger partial charge in [-0.25, -0.2) is 9.97 Å². The van der Waals surface area contributed by atoms with Crippen LogP contribution in [0.4, 0.5) is 11.8 Å². The molecule has 1 aliphatic rings. The van der Waals surface area contributed by atoms with E-state index in [-0.39, 0.29) is 6.10 Å². The predicted octanol–water partition coefficient (Wildman–Crippen LogP) is 1.08. The Morgan fingerprint density at radius 2 is 2.22 bits per heavy atom. The van der Waals surface area contributed by atoms with Gasteiger partial charge in [0, 0.05) is 51.8 Å². The van der Waals surface area contributed by atoms with Gasteiger partial charge in [-0.05, 0) is 25.8 Å². The largest absolute Gasteiger partial charge is 0.391 e. The van der Waals surface area contributed by atoms with Crippen molar-refractivity contribution in [2.24, 2.45) is 0 Å². The smallest absolute Gasteiger partial charge is 0.227 e. The average Bonchev–Trinajstić information content (AvgIpc) is 2.98. The molecule has 1 aliphatic heterocycles. The molecule has 0 bridgehead atoms. The molecule has 23 heavy (non-hydrogen) atoms. The lowest BCUT2D eigenvalue weighted by Crippen LogP contribution is -2.39. The second kappa shape index (κ2) is 6.95. The van der Waals surface area contributed by atoms with Crippen LogP contribution in [0.15, 0.2) is 24.7 Å². The van der Waals surface area contributed by atoms with E-state index in [2.05, 4.69) is 24.4 Å². The van der Waals surface area contributed by atoms with E-state index in [9.17, 15) is 5.11 Å². The third-order valence-corrected chi connectivity index (χ3v) is 4.29. The van der Waals surface area contributed by atoms with Gasteiger partial charge >= 0.3 is 0 Å². The number of aromatic nitrogens is 4. The Morgan fingerprint density at radius 3 is 2.96 bits per heavy atom. The topological polar surface area (TPSA) is 70.3 Å². The summed E-state index contributed by atoms with van der Waals surface area (Å²) in [6.07, 6.45) is 7.19. The molecule has 3 rings (SSSR count). The maximum atomic E-state index is 9.83. The highest BCUT2D eigenvalue weighted by molar-refractivity contribution is 5.43. The fraction of sp³-hybridized carbons (Fsp3) is 0.562. The first-order valence-corrected chi connectivity index (χ1v) is 8.08. The minimum Gasteiger partial charge on any atom is -0.391 e. The van der Waals surface area contributed by atoms with Gasteiger partial charge < -0.3 is 19.5 Å². The number of aliphatic hydroxyl groups excluding tert-OH is 1. The van der Waals surface area contributed by atoms with E-state index in [1.807, 2.05) is 37.3 Å². The summed E-state index contributed by atoms with van der Waals surface area (Å²) < 4.78 is 2.11. The minimum absolute atomic E-state index is 0.260.